The number of amides is 2. The van der Waals surface area contributed by atoms with Crippen molar-refractivity contribution in [1.82, 2.24) is 5.32 Å². The second-order valence-electron chi connectivity index (χ2n) is 7.00. The van der Waals surface area contributed by atoms with Gasteiger partial charge in [-0.2, -0.15) is 0 Å². The third-order valence-electron chi connectivity index (χ3n) is 5.22. The Morgan fingerprint density at radius 2 is 1.92 bits per heavy atom. The minimum atomic E-state index is 0.0106. The molecule has 0 spiro atoms. The van der Waals surface area contributed by atoms with Gasteiger partial charge in [-0.15, -0.1) is 0 Å². The Morgan fingerprint density at radius 1 is 1.15 bits per heavy atom. The Balaban J connectivity index is 1.31. The van der Waals surface area contributed by atoms with Crippen LogP contribution in [0.1, 0.15) is 36.3 Å². The number of carbonyl (C=O) groups is 2. The zero-order chi connectivity index (χ0) is 18.1. The minimum Gasteiger partial charge on any atom is -0.352 e. The molecule has 4 rings (SSSR count). The van der Waals surface area contributed by atoms with Crippen molar-refractivity contribution in [2.75, 3.05) is 11.4 Å². The van der Waals surface area contributed by atoms with Gasteiger partial charge < -0.3 is 10.2 Å². The van der Waals surface area contributed by atoms with Crippen LogP contribution in [0.3, 0.4) is 0 Å². The molecule has 5 heteroatoms. The lowest BCUT2D eigenvalue weighted by Gasteiger charge is -2.16. The first-order chi connectivity index (χ1) is 12.6. The first-order valence-electron chi connectivity index (χ1n) is 9.05. The summed E-state index contributed by atoms with van der Waals surface area (Å²) in [6, 6.07) is 15.6. The maximum absolute atomic E-state index is 12.4. The quantitative estimate of drug-likeness (QED) is 0.870. The van der Waals surface area contributed by atoms with Crippen LogP contribution in [0.15, 0.2) is 48.5 Å². The van der Waals surface area contributed by atoms with Gasteiger partial charge in [0, 0.05) is 36.1 Å². The summed E-state index contributed by atoms with van der Waals surface area (Å²) in [4.78, 5) is 26.0. The minimum absolute atomic E-state index is 0.0106. The average molecular weight is 369 g/mol. The topological polar surface area (TPSA) is 49.4 Å². The van der Waals surface area contributed by atoms with Crippen LogP contribution >= 0.6 is 11.6 Å². The lowest BCUT2D eigenvalue weighted by atomic mass is 10.1. The second kappa shape index (κ2) is 7.12. The molecule has 0 bridgehead atoms. The van der Waals surface area contributed by atoms with E-state index in [2.05, 4.69) is 5.32 Å². The van der Waals surface area contributed by atoms with Gasteiger partial charge in [-0.3, -0.25) is 9.59 Å². The molecule has 134 valence electrons. The zero-order valence-electron chi connectivity index (χ0n) is 14.5. The van der Waals surface area contributed by atoms with E-state index in [-0.39, 0.29) is 23.7 Å². The molecule has 2 atom stereocenters. The Bertz CT molecular complexity index is 834. The number of hydrogen-bond donors (Lipinski definition) is 1. The summed E-state index contributed by atoms with van der Waals surface area (Å²) >= 11 is 6.22. The predicted molar refractivity (Wildman–Crippen MR) is 102 cm³/mol. The number of carbonyl (C=O) groups excluding carboxylic acids is 2. The Hall–Kier alpha value is -2.33. The van der Waals surface area contributed by atoms with Crippen molar-refractivity contribution in [2.45, 2.75) is 31.7 Å². The van der Waals surface area contributed by atoms with Gasteiger partial charge in [-0.25, -0.2) is 0 Å². The molecular weight excluding hydrogens is 348 g/mol. The fourth-order valence-corrected chi connectivity index (χ4v) is 3.92. The number of nitrogens with one attached hydrogen (secondary N) is 1. The van der Waals surface area contributed by atoms with Crippen molar-refractivity contribution in [1.29, 1.82) is 0 Å². The summed E-state index contributed by atoms with van der Waals surface area (Å²) in [6.45, 7) is 1.29. The van der Waals surface area contributed by atoms with E-state index >= 15 is 0 Å². The predicted octanol–water partition coefficient (Wildman–Crippen LogP) is 3.89. The van der Waals surface area contributed by atoms with Crippen molar-refractivity contribution in [3.8, 4) is 0 Å². The van der Waals surface area contributed by atoms with Crippen molar-refractivity contribution in [3.63, 3.8) is 0 Å². The van der Waals surface area contributed by atoms with E-state index < -0.39 is 0 Å². The zero-order valence-corrected chi connectivity index (χ0v) is 15.2. The molecule has 1 saturated heterocycles. The molecule has 2 unspecified atom stereocenters. The molecule has 2 aromatic carbocycles. The third kappa shape index (κ3) is 3.47. The highest BCUT2D eigenvalue weighted by Gasteiger charge is 2.44. The van der Waals surface area contributed by atoms with Gasteiger partial charge in [0.15, 0.2) is 0 Å². The average Bonchev–Trinajstić information content (AvgIpc) is 3.34. The van der Waals surface area contributed by atoms with E-state index in [1.165, 1.54) is 0 Å². The second-order valence-corrected chi connectivity index (χ2v) is 7.41. The van der Waals surface area contributed by atoms with E-state index in [1.807, 2.05) is 53.4 Å². The van der Waals surface area contributed by atoms with Gasteiger partial charge in [0.05, 0.1) is 0 Å². The summed E-state index contributed by atoms with van der Waals surface area (Å²) in [7, 11) is 0. The monoisotopic (exact) mass is 368 g/mol. The third-order valence-corrected chi connectivity index (χ3v) is 5.56. The largest absolute Gasteiger partial charge is 0.352 e. The van der Waals surface area contributed by atoms with E-state index in [0.29, 0.717) is 13.0 Å². The van der Waals surface area contributed by atoms with Crippen LogP contribution in [0.2, 0.25) is 5.02 Å². The van der Waals surface area contributed by atoms with Crippen molar-refractivity contribution >= 4 is 29.1 Å². The van der Waals surface area contributed by atoms with Gasteiger partial charge in [-0.05, 0) is 48.1 Å². The van der Waals surface area contributed by atoms with Crippen LogP contribution in [-0.2, 0) is 16.1 Å². The van der Waals surface area contributed by atoms with Gasteiger partial charge in [0.1, 0.15) is 0 Å². The molecule has 2 aliphatic rings. The Labute approximate surface area is 158 Å². The molecular formula is C21H21ClN2O2. The maximum atomic E-state index is 12.4. The molecule has 0 radical (unpaired) electrons. The van der Waals surface area contributed by atoms with E-state index in [1.54, 1.807) is 0 Å². The standard InChI is InChI=1S/C21H21ClN2O2/c22-19-5-2-1-4-16(19)17-12-18(17)21(26)23-13-14-7-9-15(10-8-14)24-11-3-6-20(24)25/h1-2,4-5,7-10,17-18H,3,6,11-13H2,(H,23,26). The SMILES string of the molecule is O=C(NCc1ccc(N2CCCC2=O)cc1)C1CC1c1ccccc1Cl. The highest BCUT2D eigenvalue weighted by molar-refractivity contribution is 6.31. The molecule has 2 fully saturated rings. The molecule has 2 aromatic rings. The number of hydrogen-bond acceptors (Lipinski definition) is 2. The van der Waals surface area contributed by atoms with Crippen LogP contribution in [-0.4, -0.2) is 18.4 Å². The van der Waals surface area contributed by atoms with Crippen molar-refractivity contribution < 1.29 is 9.59 Å². The highest BCUT2D eigenvalue weighted by atomic mass is 35.5. The number of anilines is 1. The van der Waals surface area contributed by atoms with Gasteiger partial charge in [0.2, 0.25) is 11.8 Å². The highest BCUT2D eigenvalue weighted by Crippen LogP contribution is 2.49. The van der Waals surface area contributed by atoms with Crippen molar-refractivity contribution in [2.24, 2.45) is 5.92 Å². The molecule has 1 aliphatic heterocycles. The maximum Gasteiger partial charge on any atom is 0.227 e. The summed E-state index contributed by atoms with van der Waals surface area (Å²) in [5.41, 5.74) is 3.03. The molecule has 1 N–H and O–H groups in total. The first kappa shape index (κ1) is 17.1. The molecule has 1 heterocycles. The normalized spacial score (nSPS) is 21.7. The molecule has 4 nitrogen and oxygen atoms in total. The van der Waals surface area contributed by atoms with E-state index in [4.69, 9.17) is 11.6 Å². The number of benzene rings is 2. The fourth-order valence-electron chi connectivity index (χ4n) is 3.64. The van der Waals surface area contributed by atoms with Crippen LogP contribution in [0, 0.1) is 5.92 Å². The van der Waals surface area contributed by atoms with Crippen LogP contribution < -0.4 is 10.2 Å². The van der Waals surface area contributed by atoms with Crippen molar-refractivity contribution in [3.05, 3.63) is 64.7 Å². The Kier molecular flexibility index (Phi) is 4.68. The molecule has 26 heavy (non-hydrogen) atoms. The lowest BCUT2D eigenvalue weighted by Crippen LogP contribution is -2.25. The van der Waals surface area contributed by atoms with Crippen LogP contribution in [0.5, 0.6) is 0 Å². The Morgan fingerprint density at radius 3 is 2.62 bits per heavy atom. The molecule has 1 saturated carbocycles. The van der Waals surface area contributed by atoms with Crippen LogP contribution in [0.25, 0.3) is 0 Å². The smallest absolute Gasteiger partial charge is 0.227 e. The first-order valence-corrected chi connectivity index (χ1v) is 9.43. The van der Waals surface area contributed by atoms with Gasteiger partial charge in [0.25, 0.3) is 0 Å². The summed E-state index contributed by atoms with van der Waals surface area (Å²) in [5.74, 6) is 0.503. The van der Waals surface area contributed by atoms with E-state index in [0.717, 1.165) is 41.2 Å². The number of rotatable bonds is 5. The summed E-state index contributed by atoms with van der Waals surface area (Å²) in [6.07, 6.45) is 2.40. The molecule has 2 amide bonds. The van der Waals surface area contributed by atoms with Crippen LogP contribution in [0.4, 0.5) is 5.69 Å². The lowest BCUT2D eigenvalue weighted by molar-refractivity contribution is -0.122. The van der Waals surface area contributed by atoms with Gasteiger partial charge in [-0.1, -0.05) is 41.9 Å². The van der Waals surface area contributed by atoms with E-state index in [9.17, 15) is 9.59 Å². The fraction of sp³-hybridized carbons (Fsp3) is 0.333. The summed E-state index contributed by atoms with van der Waals surface area (Å²) in [5, 5.41) is 3.75. The number of nitrogens with zero attached hydrogens (tertiary/aromatic N) is 1. The number of halogens is 1. The molecule has 1 aliphatic carbocycles. The summed E-state index contributed by atoms with van der Waals surface area (Å²) < 4.78 is 0. The van der Waals surface area contributed by atoms with Gasteiger partial charge >= 0.3 is 0 Å². The molecule has 0 aromatic heterocycles.